The SMILES string of the molecule is N#Cc1cc(Oc2ccc(N)cc2Cl)ccn1. The van der Waals surface area contributed by atoms with Crippen LogP contribution in [-0.2, 0) is 0 Å². The Balaban J connectivity index is 2.28. The highest BCUT2D eigenvalue weighted by atomic mass is 35.5. The topological polar surface area (TPSA) is 71.9 Å². The van der Waals surface area contributed by atoms with Crippen LogP contribution in [0.4, 0.5) is 5.69 Å². The quantitative estimate of drug-likeness (QED) is 0.826. The zero-order valence-corrected chi connectivity index (χ0v) is 9.48. The molecule has 17 heavy (non-hydrogen) atoms. The molecule has 0 aliphatic heterocycles. The maximum atomic E-state index is 8.71. The number of benzene rings is 1. The lowest BCUT2D eigenvalue weighted by Gasteiger charge is -2.07. The van der Waals surface area contributed by atoms with Crippen molar-refractivity contribution >= 4 is 17.3 Å². The molecule has 0 bridgehead atoms. The molecular weight excluding hydrogens is 238 g/mol. The molecule has 0 fully saturated rings. The van der Waals surface area contributed by atoms with E-state index >= 15 is 0 Å². The van der Waals surface area contributed by atoms with E-state index in [1.165, 1.54) is 12.3 Å². The Morgan fingerprint density at radius 2 is 2.12 bits per heavy atom. The minimum absolute atomic E-state index is 0.286. The first-order valence-corrected chi connectivity index (χ1v) is 5.16. The second kappa shape index (κ2) is 4.73. The average molecular weight is 246 g/mol. The van der Waals surface area contributed by atoms with Gasteiger partial charge in [0.15, 0.2) is 0 Å². The van der Waals surface area contributed by atoms with Crippen LogP contribution in [0.15, 0.2) is 36.5 Å². The standard InChI is InChI=1S/C12H8ClN3O/c13-11-5-8(15)1-2-12(11)17-10-3-4-16-9(6-10)7-14/h1-6H,15H2. The molecule has 1 aromatic carbocycles. The van der Waals surface area contributed by atoms with E-state index in [0.717, 1.165) is 0 Å². The summed E-state index contributed by atoms with van der Waals surface area (Å²) in [7, 11) is 0. The van der Waals surface area contributed by atoms with Gasteiger partial charge in [-0.1, -0.05) is 11.6 Å². The van der Waals surface area contributed by atoms with E-state index in [-0.39, 0.29) is 5.69 Å². The summed E-state index contributed by atoms with van der Waals surface area (Å²) in [5.74, 6) is 0.985. The van der Waals surface area contributed by atoms with Gasteiger partial charge in [-0.3, -0.25) is 0 Å². The molecule has 0 aliphatic carbocycles. The average Bonchev–Trinajstić information content (AvgIpc) is 2.33. The van der Waals surface area contributed by atoms with Gasteiger partial charge in [-0.15, -0.1) is 0 Å². The first-order valence-electron chi connectivity index (χ1n) is 4.78. The van der Waals surface area contributed by atoms with Crippen LogP contribution in [0, 0.1) is 11.3 Å². The lowest BCUT2D eigenvalue weighted by Crippen LogP contribution is -1.90. The molecule has 0 radical (unpaired) electrons. The maximum absolute atomic E-state index is 8.71. The third kappa shape index (κ3) is 2.65. The molecule has 0 amide bonds. The first kappa shape index (κ1) is 11.2. The fourth-order valence-corrected chi connectivity index (χ4v) is 1.49. The molecule has 84 valence electrons. The van der Waals surface area contributed by atoms with Crippen LogP contribution in [0.5, 0.6) is 11.5 Å². The number of hydrogen-bond donors (Lipinski definition) is 1. The fourth-order valence-electron chi connectivity index (χ4n) is 1.26. The molecule has 0 aliphatic rings. The molecule has 0 unspecified atom stereocenters. The van der Waals surface area contributed by atoms with Crippen LogP contribution in [0.3, 0.4) is 0 Å². The molecule has 4 nitrogen and oxygen atoms in total. The minimum atomic E-state index is 0.286. The lowest BCUT2D eigenvalue weighted by molar-refractivity contribution is 0.482. The van der Waals surface area contributed by atoms with Crippen LogP contribution in [0.1, 0.15) is 5.69 Å². The Hall–Kier alpha value is -2.25. The predicted octanol–water partition coefficient (Wildman–Crippen LogP) is 2.98. The number of rotatable bonds is 2. The number of ether oxygens (including phenoxy) is 1. The second-order valence-electron chi connectivity index (χ2n) is 3.28. The van der Waals surface area contributed by atoms with Gasteiger partial charge in [0.05, 0.1) is 5.02 Å². The number of anilines is 1. The van der Waals surface area contributed by atoms with E-state index in [2.05, 4.69) is 4.98 Å². The van der Waals surface area contributed by atoms with Crippen LogP contribution in [-0.4, -0.2) is 4.98 Å². The number of nitrogen functional groups attached to an aromatic ring is 1. The van der Waals surface area contributed by atoms with Gasteiger partial charge in [-0.05, 0) is 24.3 Å². The van der Waals surface area contributed by atoms with Crippen LogP contribution in [0.25, 0.3) is 0 Å². The van der Waals surface area contributed by atoms with E-state index in [1.807, 2.05) is 6.07 Å². The molecule has 0 spiro atoms. The van der Waals surface area contributed by atoms with Crippen molar-refractivity contribution in [1.82, 2.24) is 4.98 Å². The van der Waals surface area contributed by atoms with Crippen molar-refractivity contribution in [2.45, 2.75) is 0 Å². The number of hydrogen-bond acceptors (Lipinski definition) is 4. The molecule has 2 aromatic rings. The molecule has 2 rings (SSSR count). The van der Waals surface area contributed by atoms with Crippen molar-refractivity contribution in [3.8, 4) is 17.6 Å². The number of nitrogens with two attached hydrogens (primary N) is 1. The highest BCUT2D eigenvalue weighted by molar-refractivity contribution is 6.32. The van der Waals surface area contributed by atoms with E-state index < -0.39 is 0 Å². The van der Waals surface area contributed by atoms with Crippen molar-refractivity contribution in [3.05, 3.63) is 47.2 Å². The lowest BCUT2D eigenvalue weighted by atomic mass is 10.3. The van der Waals surface area contributed by atoms with E-state index in [1.54, 1.807) is 24.3 Å². The summed E-state index contributed by atoms with van der Waals surface area (Å²) in [5, 5.41) is 9.13. The number of nitrogens with zero attached hydrogens (tertiary/aromatic N) is 2. The largest absolute Gasteiger partial charge is 0.456 e. The van der Waals surface area contributed by atoms with Gasteiger partial charge in [-0.25, -0.2) is 4.98 Å². The van der Waals surface area contributed by atoms with Gasteiger partial charge < -0.3 is 10.5 Å². The Labute approximate surface area is 103 Å². The Kier molecular flexibility index (Phi) is 3.12. The van der Waals surface area contributed by atoms with Gasteiger partial charge in [0, 0.05) is 18.0 Å². The summed E-state index contributed by atoms with van der Waals surface area (Å²) >= 11 is 5.97. The van der Waals surface area contributed by atoms with Crippen LogP contribution >= 0.6 is 11.6 Å². The molecule has 2 N–H and O–H groups in total. The Bertz CT molecular complexity index is 593. The number of nitriles is 1. The number of pyridine rings is 1. The van der Waals surface area contributed by atoms with Crippen molar-refractivity contribution in [1.29, 1.82) is 5.26 Å². The number of halogens is 1. The number of aromatic nitrogens is 1. The summed E-state index contributed by atoms with van der Waals surface area (Å²) in [6, 6.07) is 10.1. The smallest absolute Gasteiger partial charge is 0.146 e. The zero-order chi connectivity index (χ0) is 12.3. The van der Waals surface area contributed by atoms with Crippen LogP contribution < -0.4 is 10.5 Å². The predicted molar refractivity (Wildman–Crippen MR) is 64.9 cm³/mol. The molecular formula is C12H8ClN3O. The van der Waals surface area contributed by atoms with Crippen molar-refractivity contribution in [2.75, 3.05) is 5.73 Å². The van der Waals surface area contributed by atoms with Crippen LogP contribution in [0.2, 0.25) is 5.02 Å². The van der Waals surface area contributed by atoms with Crippen molar-refractivity contribution in [2.24, 2.45) is 0 Å². The fraction of sp³-hybridized carbons (Fsp3) is 0. The summed E-state index contributed by atoms with van der Waals surface area (Å²) in [6.07, 6.45) is 1.50. The normalized spacial score (nSPS) is 9.65. The zero-order valence-electron chi connectivity index (χ0n) is 8.72. The molecule has 0 saturated heterocycles. The van der Waals surface area contributed by atoms with Gasteiger partial charge in [0.25, 0.3) is 0 Å². The third-order valence-electron chi connectivity index (χ3n) is 2.03. The second-order valence-corrected chi connectivity index (χ2v) is 3.69. The maximum Gasteiger partial charge on any atom is 0.146 e. The molecule has 1 aromatic heterocycles. The summed E-state index contributed by atoms with van der Waals surface area (Å²) < 4.78 is 5.53. The third-order valence-corrected chi connectivity index (χ3v) is 2.33. The van der Waals surface area contributed by atoms with Gasteiger partial charge in [0.2, 0.25) is 0 Å². The Morgan fingerprint density at radius 3 is 2.82 bits per heavy atom. The van der Waals surface area contributed by atoms with Crippen molar-refractivity contribution in [3.63, 3.8) is 0 Å². The summed E-state index contributed by atoms with van der Waals surface area (Å²) in [6.45, 7) is 0. The Morgan fingerprint density at radius 1 is 1.29 bits per heavy atom. The van der Waals surface area contributed by atoms with Gasteiger partial charge >= 0.3 is 0 Å². The summed E-state index contributed by atoms with van der Waals surface area (Å²) in [4.78, 5) is 3.84. The van der Waals surface area contributed by atoms with Crippen molar-refractivity contribution < 1.29 is 4.74 Å². The molecule has 0 atom stereocenters. The molecule has 1 heterocycles. The first-order chi connectivity index (χ1) is 8.19. The minimum Gasteiger partial charge on any atom is -0.456 e. The van der Waals surface area contributed by atoms with E-state index in [4.69, 9.17) is 27.3 Å². The highest BCUT2D eigenvalue weighted by Gasteiger charge is 2.04. The molecule has 0 saturated carbocycles. The summed E-state index contributed by atoms with van der Waals surface area (Å²) in [5.41, 5.74) is 6.42. The van der Waals surface area contributed by atoms with Gasteiger partial charge in [-0.2, -0.15) is 5.26 Å². The van der Waals surface area contributed by atoms with E-state index in [0.29, 0.717) is 22.2 Å². The monoisotopic (exact) mass is 245 g/mol. The molecule has 5 heteroatoms. The highest BCUT2D eigenvalue weighted by Crippen LogP contribution is 2.30. The van der Waals surface area contributed by atoms with Gasteiger partial charge in [0.1, 0.15) is 23.3 Å². The van der Waals surface area contributed by atoms with E-state index in [9.17, 15) is 0 Å².